The fourth-order valence-corrected chi connectivity index (χ4v) is 4.51. The van der Waals surface area contributed by atoms with Crippen LogP contribution in [0.3, 0.4) is 0 Å². The minimum atomic E-state index is -1.07. The molecule has 0 spiro atoms. The van der Waals surface area contributed by atoms with Gasteiger partial charge in [0.1, 0.15) is 5.75 Å². The van der Waals surface area contributed by atoms with Crippen molar-refractivity contribution >= 4 is 29.3 Å². The molecule has 1 aliphatic rings. The van der Waals surface area contributed by atoms with Crippen LogP contribution in [-0.4, -0.2) is 34.1 Å². The zero-order chi connectivity index (χ0) is 27.5. The summed E-state index contributed by atoms with van der Waals surface area (Å²) in [5, 5.41) is 6.27. The lowest BCUT2D eigenvalue weighted by molar-refractivity contribution is 0.205. The molecule has 4 aromatic rings. The van der Waals surface area contributed by atoms with Crippen molar-refractivity contribution in [3.63, 3.8) is 0 Å². The number of carbonyl (C=O) groups excluding carboxylic acids is 1. The summed E-state index contributed by atoms with van der Waals surface area (Å²) in [7, 11) is 1.60. The number of ether oxygens (including phenoxy) is 1. The number of anilines is 2. The number of nitrogens with one attached hydrogen (secondary N) is 2. The Morgan fingerprint density at radius 1 is 1.08 bits per heavy atom. The van der Waals surface area contributed by atoms with Gasteiger partial charge in [-0.05, 0) is 48.0 Å². The molecular formula is C28H24ClF2N5O3. The maximum absolute atomic E-state index is 13.8. The topological polar surface area (TPSA) is 88.5 Å². The Balaban J connectivity index is 1.45. The lowest BCUT2D eigenvalue weighted by Crippen LogP contribution is -2.43. The number of methoxy groups -OCH3 is 1. The van der Waals surface area contributed by atoms with Crippen molar-refractivity contribution in [2.24, 2.45) is 0 Å². The molecule has 1 aromatic heterocycles. The molecule has 5 rings (SSSR count). The Morgan fingerprint density at radius 3 is 2.59 bits per heavy atom. The normalized spacial score (nSPS) is 12.6. The van der Waals surface area contributed by atoms with Crippen LogP contribution in [0.5, 0.6) is 5.75 Å². The van der Waals surface area contributed by atoms with Gasteiger partial charge in [-0.15, -0.1) is 0 Å². The van der Waals surface area contributed by atoms with E-state index in [-0.39, 0.29) is 24.3 Å². The highest BCUT2D eigenvalue weighted by Gasteiger charge is 2.27. The van der Waals surface area contributed by atoms with Crippen LogP contribution in [0.2, 0.25) is 5.02 Å². The number of hydrogen-bond acceptors (Lipinski definition) is 5. The molecule has 11 heteroatoms. The van der Waals surface area contributed by atoms with Gasteiger partial charge >= 0.3 is 6.03 Å². The maximum atomic E-state index is 13.8. The average molecular weight is 552 g/mol. The van der Waals surface area contributed by atoms with Crippen LogP contribution in [-0.2, 0) is 19.5 Å². The molecule has 0 bridgehead atoms. The van der Waals surface area contributed by atoms with Crippen LogP contribution in [0, 0.1) is 11.6 Å². The Hall–Kier alpha value is -4.44. The molecule has 39 heavy (non-hydrogen) atoms. The van der Waals surface area contributed by atoms with Crippen molar-refractivity contribution in [1.82, 2.24) is 14.5 Å². The van der Waals surface area contributed by atoms with Crippen molar-refractivity contribution in [2.75, 3.05) is 24.3 Å². The lowest BCUT2D eigenvalue weighted by Gasteiger charge is -2.29. The molecule has 0 unspecified atom stereocenters. The number of nitrogens with zero attached hydrogens (tertiary/aromatic N) is 3. The fraction of sp³-hybridized carbons (Fsp3) is 0.179. The molecule has 2 N–H and O–H groups in total. The smallest absolute Gasteiger partial charge is 0.322 e. The summed E-state index contributed by atoms with van der Waals surface area (Å²) in [6.07, 6.45) is 0.337. The van der Waals surface area contributed by atoms with Gasteiger partial charge in [-0.1, -0.05) is 29.8 Å². The molecule has 1 aliphatic heterocycles. The van der Waals surface area contributed by atoms with E-state index in [4.69, 9.17) is 21.3 Å². The van der Waals surface area contributed by atoms with Crippen molar-refractivity contribution in [3.05, 3.63) is 111 Å². The van der Waals surface area contributed by atoms with Crippen molar-refractivity contribution < 1.29 is 18.3 Å². The van der Waals surface area contributed by atoms with E-state index in [0.717, 1.165) is 23.4 Å². The second-order valence-corrected chi connectivity index (χ2v) is 9.35. The zero-order valence-corrected chi connectivity index (χ0v) is 21.6. The first-order valence-corrected chi connectivity index (χ1v) is 12.5. The van der Waals surface area contributed by atoms with Crippen LogP contribution in [0.15, 0.2) is 71.5 Å². The quantitative estimate of drug-likeness (QED) is 0.336. The van der Waals surface area contributed by atoms with Crippen LogP contribution >= 0.6 is 11.6 Å². The van der Waals surface area contributed by atoms with Gasteiger partial charge in [-0.2, -0.15) is 0 Å². The van der Waals surface area contributed by atoms with E-state index in [1.165, 1.54) is 15.5 Å². The standard InChI is InChI=1S/C28H24ClF2N5O3/c1-39-21-8-5-17(6-9-21)15-32-27-34-25-11-12-35(28(38)33-19-7-10-23(30)24(31)14-19)16-22(25)26(37)36(27)20-4-2-3-18(29)13-20/h2-10,13-14H,11-12,15-16H2,1H3,(H,32,34)(H,33,38). The SMILES string of the molecule is COc1ccc(CNc2nc3c(c(=O)n2-c2cccc(Cl)c2)CN(C(=O)Nc2ccc(F)c(F)c2)CC3)cc1. The first kappa shape index (κ1) is 26.2. The molecule has 200 valence electrons. The van der Waals surface area contributed by atoms with E-state index in [0.29, 0.717) is 40.9 Å². The molecule has 0 saturated carbocycles. The number of rotatable bonds is 6. The molecule has 2 heterocycles. The highest BCUT2D eigenvalue weighted by atomic mass is 35.5. The Labute approximate surface area is 227 Å². The third-order valence-corrected chi connectivity index (χ3v) is 6.60. The summed E-state index contributed by atoms with van der Waals surface area (Å²) in [5.41, 5.74) is 2.18. The number of fused-ring (bicyclic) bond motifs is 1. The van der Waals surface area contributed by atoms with Crippen molar-refractivity contribution in [1.29, 1.82) is 0 Å². The molecule has 0 radical (unpaired) electrons. The number of halogens is 3. The molecular weight excluding hydrogens is 528 g/mol. The van der Waals surface area contributed by atoms with Crippen LogP contribution in [0.25, 0.3) is 5.69 Å². The Kier molecular flexibility index (Phi) is 7.47. The summed E-state index contributed by atoms with van der Waals surface area (Å²) in [4.78, 5) is 32.9. The van der Waals surface area contributed by atoms with Crippen LogP contribution in [0.4, 0.5) is 25.2 Å². The molecule has 0 atom stereocenters. The van der Waals surface area contributed by atoms with E-state index in [9.17, 15) is 18.4 Å². The Morgan fingerprint density at radius 2 is 1.87 bits per heavy atom. The summed E-state index contributed by atoms with van der Waals surface area (Å²) in [6.45, 7) is 0.683. The van der Waals surface area contributed by atoms with Gasteiger partial charge in [0, 0.05) is 36.3 Å². The number of benzene rings is 3. The fourth-order valence-electron chi connectivity index (χ4n) is 4.32. The summed E-state index contributed by atoms with van der Waals surface area (Å²) >= 11 is 6.23. The number of aromatic nitrogens is 2. The molecule has 0 aliphatic carbocycles. The predicted octanol–water partition coefficient (Wildman–Crippen LogP) is 5.38. The van der Waals surface area contributed by atoms with Crippen molar-refractivity contribution in [3.8, 4) is 11.4 Å². The van der Waals surface area contributed by atoms with E-state index in [2.05, 4.69) is 10.6 Å². The second-order valence-electron chi connectivity index (χ2n) is 8.91. The van der Waals surface area contributed by atoms with Gasteiger partial charge in [-0.25, -0.2) is 23.1 Å². The first-order chi connectivity index (χ1) is 18.8. The van der Waals surface area contributed by atoms with Gasteiger partial charge < -0.3 is 20.3 Å². The highest BCUT2D eigenvalue weighted by molar-refractivity contribution is 6.30. The number of carbonyl (C=O) groups is 1. The molecule has 8 nitrogen and oxygen atoms in total. The largest absolute Gasteiger partial charge is 0.497 e. The van der Waals surface area contributed by atoms with Crippen molar-refractivity contribution in [2.45, 2.75) is 19.5 Å². The van der Waals surface area contributed by atoms with Crippen LogP contribution in [0.1, 0.15) is 16.8 Å². The summed E-state index contributed by atoms with van der Waals surface area (Å²) in [6, 6.07) is 16.9. The minimum Gasteiger partial charge on any atom is -0.497 e. The van der Waals surface area contributed by atoms with E-state index in [1.807, 2.05) is 24.3 Å². The molecule has 2 amide bonds. The van der Waals surface area contributed by atoms with Gasteiger partial charge in [-0.3, -0.25) is 4.79 Å². The van der Waals surface area contributed by atoms with Gasteiger partial charge in [0.25, 0.3) is 5.56 Å². The van der Waals surface area contributed by atoms with E-state index in [1.54, 1.807) is 31.4 Å². The lowest BCUT2D eigenvalue weighted by atomic mass is 10.1. The zero-order valence-electron chi connectivity index (χ0n) is 20.9. The molecule has 3 aromatic carbocycles. The molecule has 0 fully saturated rings. The average Bonchev–Trinajstić information content (AvgIpc) is 2.94. The second kappa shape index (κ2) is 11.1. The third kappa shape index (κ3) is 5.70. The van der Waals surface area contributed by atoms with Crippen LogP contribution < -0.4 is 20.9 Å². The predicted molar refractivity (Wildman–Crippen MR) is 145 cm³/mol. The third-order valence-electron chi connectivity index (χ3n) is 6.36. The minimum absolute atomic E-state index is 0.00397. The van der Waals surface area contributed by atoms with E-state index >= 15 is 0 Å². The summed E-state index contributed by atoms with van der Waals surface area (Å²) < 4.78 is 33.5. The number of amides is 2. The molecule has 0 saturated heterocycles. The Bertz CT molecular complexity index is 1590. The monoisotopic (exact) mass is 551 g/mol. The number of hydrogen-bond donors (Lipinski definition) is 2. The number of urea groups is 1. The van der Waals surface area contributed by atoms with Gasteiger partial charge in [0.2, 0.25) is 5.95 Å². The van der Waals surface area contributed by atoms with E-state index < -0.39 is 17.7 Å². The van der Waals surface area contributed by atoms with Gasteiger partial charge in [0.05, 0.1) is 30.6 Å². The maximum Gasteiger partial charge on any atom is 0.322 e. The van der Waals surface area contributed by atoms with Gasteiger partial charge in [0.15, 0.2) is 11.6 Å². The highest BCUT2D eigenvalue weighted by Crippen LogP contribution is 2.23. The first-order valence-electron chi connectivity index (χ1n) is 12.1. The summed E-state index contributed by atoms with van der Waals surface area (Å²) in [5.74, 6) is -1.000.